The molecular formula is C11H16N2O3. The van der Waals surface area contributed by atoms with Gasteiger partial charge in [-0.05, 0) is 24.6 Å². The minimum Gasteiger partial charge on any atom is -0.508 e. The number of urea groups is 1. The van der Waals surface area contributed by atoms with E-state index in [2.05, 4.69) is 10.6 Å². The fourth-order valence-electron chi connectivity index (χ4n) is 1.15. The highest BCUT2D eigenvalue weighted by molar-refractivity contribution is 5.73. The van der Waals surface area contributed by atoms with Crippen molar-refractivity contribution in [2.24, 2.45) is 0 Å². The molecule has 0 aliphatic heterocycles. The van der Waals surface area contributed by atoms with Crippen molar-refractivity contribution in [3.05, 3.63) is 29.8 Å². The quantitative estimate of drug-likeness (QED) is 0.603. The number of amides is 2. The average Bonchev–Trinajstić information content (AvgIpc) is 2.23. The highest BCUT2D eigenvalue weighted by Crippen LogP contribution is 2.10. The molecule has 1 aromatic carbocycles. The molecule has 5 heteroatoms. The Morgan fingerprint density at radius 1 is 1.44 bits per heavy atom. The topological polar surface area (TPSA) is 81.6 Å². The maximum atomic E-state index is 11.2. The van der Waals surface area contributed by atoms with Crippen molar-refractivity contribution in [2.75, 3.05) is 6.54 Å². The molecule has 1 aromatic rings. The molecule has 0 aliphatic rings. The number of benzene rings is 1. The van der Waals surface area contributed by atoms with E-state index in [4.69, 9.17) is 5.11 Å². The predicted molar refractivity (Wildman–Crippen MR) is 60.0 cm³/mol. The molecule has 0 saturated heterocycles. The van der Waals surface area contributed by atoms with Crippen LogP contribution < -0.4 is 10.6 Å². The van der Waals surface area contributed by atoms with Gasteiger partial charge in [0.25, 0.3) is 0 Å². The van der Waals surface area contributed by atoms with E-state index in [9.17, 15) is 9.90 Å². The van der Waals surface area contributed by atoms with Crippen molar-refractivity contribution in [1.29, 1.82) is 0 Å². The minimum absolute atomic E-state index is 0.170. The summed E-state index contributed by atoms with van der Waals surface area (Å²) in [6, 6.07) is 6.31. The molecule has 0 heterocycles. The summed E-state index contributed by atoms with van der Waals surface area (Å²) in [5.74, 6) is 0.170. The Labute approximate surface area is 94.1 Å². The summed E-state index contributed by atoms with van der Waals surface area (Å²) < 4.78 is 0. The van der Waals surface area contributed by atoms with Crippen molar-refractivity contribution in [3.63, 3.8) is 0 Å². The SMILES string of the molecule is CC(O)CNC(=O)NCc1cccc(O)c1. The van der Waals surface area contributed by atoms with E-state index in [1.54, 1.807) is 31.2 Å². The molecule has 0 radical (unpaired) electrons. The van der Waals surface area contributed by atoms with Gasteiger partial charge in [0.05, 0.1) is 6.10 Å². The van der Waals surface area contributed by atoms with Gasteiger partial charge in [0.2, 0.25) is 0 Å². The Hall–Kier alpha value is -1.75. The predicted octanol–water partition coefficient (Wildman–Crippen LogP) is 0.572. The van der Waals surface area contributed by atoms with Crippen LogP contribution in [0.3, 0.4) is 0 Å². The third-order valence-corrected chi connectivity index (χ3v) is 1.92. The summed E-state index contributed by atoms with van der Waals surface area (Å²) in [4.78, 5) is 11.2. The van der Waals surface area contributed by atoms with Crippen LogP contribution in [0.5, 0.6) is 5.75 Å². The first-order valence-electron chi connectivity index (χ1n) is 5.05. The van der Waals surface area contributed by atoms with Gasteiger partial charge in [0.15, 0.2) is 0 Å². The zero-order valence-corrected chi connectivity index (χ0v) is 9.10. The van der Waals surface area contributed by atoms with Gasteiger partial charge in [0, 0.05) is 13.1 Å². The molecule has 0 aliphatic carbocycles. The van der Waals surface area contributed by atoms with Crippen molar-refractivity contribution in [1.82, 2.24) is 10.6 Å². The maximum Gasteiger partial charge on any atom is 0.315 e. The van der Waals surface area contributed by atoms with Crippen LogP contribution in [-0.4, -0.2) is 28.9 Å². The number of aliphatic hydroxyl groups is 1. The number of aromatic hydroxyl groups is 1. The molecule has 5 nitrogen and oxygen atoms in total. The molecule has 0 aromatic heterocycles. The van der Waals surface area contributed by atoms with Gasteiger partial charge in [-0.1, -0.05) is 12.1 Å². The van der Waals surface area contributed by atoms with Crippen LogP contribution in [0.25, 0.3) is 0 Å². The van der Waals surface area contributed by atoms with Gasteiger partial charge < -0.3 is 20.8 Å². The standard InChI is InChI=1S/C11H16N2O3/c1-8(14)6-12-11(16)13-7-9-3-2-4-10(15)5-9/h2-5,8,14-15H,6-7H2,1H3,(H2,12,13,16). The first-order valence-corrected chi connectivity index (χ1v) is 5.05. The zero-order chi connectivity index (χ0) is 12.0. The smallest absolute Gasteiger partial charge is 0.315 e. The van der Waals surface area contributed by atoms with Gasteiger partial charge in [-0.3, -0.25) is 0 Å². The first kappa shape index (κ1) is 12.3. The van der Waals surface area contributed by atoms with E-state index >= 15 is 0 Å². The van der Waals surface area contributed by atoms with E-state index in [-0.39, 0.29) is 18.3 Å². The Balaban J connectivity index is 2.31. The van der Waals surface area contributed by atoms with Crippen LogP contribution in [0.1, 0.15) is 12.5 Å². The monoisotopic (exact) mass is 224 g/mol. The van der Waals surface area contributed by atoms with Gasteiger partial charge in [0.1, 0.15) is 5.75 Å². The van der Waals surface area contributed by atoms with E-state index in [0.717, 1.165) is 5.56 Å². The second kappa shape index (κ2) is 5.97. The number of phenolic OH excluding ortho intramolecular Hbond substituents is 1. The number of aliphatic hydroxyl groups excluding tert-OH is 1. The molecular weight excluding hydrogens is 208 g/mol. The molecule has 0 spiro atoms. The Morgan fingerprint density at radius 2 is 2.19 bits per heavy atom. The van der Waals surface area contributed by atoms with Gasteiger partial charge in [-0.25, -0.2) is 4.79 Å². The molecule has 0 fully saturated rings. The molecule has 1 atom stereocenters. The molecule has 4 N–H and O–H groups in total. The molecule has 1 rings (SSSR count). The Bertz CT molecular complexity index is 353. The summed E-state index contributed by atoms with van der Waals surface area (Å²) in [6.45, 7) is 2.14. The number of nitrogens with one attached hydrogen (secondary N) is 2. The fraction of sp³-hybridized carbons (Fsp3) is 0.364. The van der Waals surface area contributed by atoms with Crippen molar-refractivity contribution >= 4 is 6.03 Å². The van der Waals surface area contributed by atoms with E-state index in [1.165, 1.54) is 0 Å². The molecule has 2 amide bonds. The highest BCUT2D eigenvalue weighted by atomic mass is 16.3. The Kier molecular flexibility index (Phi) is 4.60. The van der Waals surface area contributed by atoms with Crippen LogP contribution in [0.15, 0.2) is 24.3 Å². The minimum atomic E-state index is -0.563. The largest absolute Gasteiger partial charge is 0.508 e. The number of carbonyl (C=O) groups excluding carboxylic acids is 1. The van der Waals surface area contributed by atoms with Crippen molar-refractivity contribution in [3.8, 4) is 5.75 Å². The highest BCUT2D eigenvalue weighted by Gasteiger charge is 2.02. The average molecular weight is 224 g/mol. The fourth-order valence-corrected chi connectivity index (χ4v) is 1.15. The second-order valence-corrected chi connectivity index (χ2v) is 3.58. The second-order valence-electron chi connectivity index (χ2n) is 3.58. The van der Waals surface area contributed by atoms with Crippen molar-refractivity contribution in [2.45, 2.75) is 19.6 Å². The first-order chi connectivity index (χ1) is 7.58. The number of rotatable bonds is 4. The zero-order valence-electron chi connectivity index (χ0n) is 9.10. The number of hydrogen-bond donors (Lipinski definition) is 4. The lowest BCUT2D eigenvalue weighted by Crippen LogP contribution is -2.38. The normalized spacial score (nSPS) is 11.9. The molecule has 1 unspecified atom stereocenters. The van der Waals surface area contributed by atoms with E-state index < -0.39 is 6.10 Å². The van der Waals surface area contributed by atoms with Gasteiger partial charge in [-0.2, -0.15) is 0 Å². The maximum absolute atomic E-state index is 11.2. The number of carbonyl (C=O) groups is 1. The summed E-state index contributed by atoms with van der Waals surface area (Å²) in [5.41, 5.74) is 0.812. The Morgan fingerprint density at radius 3 is 2.81 bits per heavy atom. The van der Waals surface area contributed by atoms with Crippen LogP contribution in [-0.2, 0) is 6.54 Å². The third kappa shape index (κ3) is 4.65. The molecule has 0 bridgehead atoms. The van der Waals surface area contributed by atoms with Gasteiger partial charge in [-0.15, -0.1) is 0 Å². The third-order valence-electron chi connectivity index (χ3n) is 1.92. The van der Waals surface area contributed by atoms with Crippen molar-refractivity contribution < 1.29 is 15.0 Å². The molecule has 0 saturated carbocycles. The lowest BCUT2D eigenvalue weighted by molar-refractivity contribution is 0.187. The van der Waals surface area contributed by atoms with Gasteiger partial charge >= 0.3 is 6.03 Å². The van der Waals surface area contributed by atoms with Crippen LogP contribution in [0.4, 0.5) is 4.79 Å². The number of phenols is 1. The van der Waals surface area contributed by atoms with E-state index in [1.807, 2.05) is 0 Å². The van der Waals surface area contributed by atoms with Crippen LogP contribution in [0, 0.1) is 0 Å². The summed E-state index contributed by atoms with van der Waals surface area (Å²) >= 11 is 0. The lowest BCUT2D eigenvalue weighted by atomic mass is 10.2. The van der Waals surface area contributed by atoms with Crippen LogP contribution in [0.2, 0.25) is 0 Å². The molecule has 88 valence electrons. The number of hydrogen-bond acceptors (Lipinski definition) is 3. The lowest BCUT2D eigenvalue weighted by Gasteiger charge is -2.09. The summed E-state index contributed by atoms with van der Waals surface area (Å²) in [6.07, 6.45) is -0.563. The molecule has 16 heavy (non-hydrogen) atoms. The van der Waals surface area contributed by atoms with Crippen LogP contribution >= 0.6 is 0 Å². The summed E-state index contributed by atoms with van der Waals surface area (Å²) in [7, 11) is 0. The van der Waals surface area contributed by atoms with E-state index in [0.29, 0.717) is 6.54 Å². The summed E-state index contributed by atoms with van der Waals surface area (Å²) in [5, 5.41) is 23.3.